The highest BCUT2D eigenvalue weighted by molar-refractivity contribution is 6.00. The molecule has 0 spiro atoms. The van der Waals surface area contributed by atoms with E-state index in [0.29, 0.717) is 23.5 Å². The topological polar surface area (TPSA) is 96.2 Å². The highest BCUT2D eigenvalue weighted by Crippen LogP contribution is 2.27. The van der Waals surface area contributed by atoms with Crippen LogP contribution in [0.2, 0.25) is 0 Å². The van der Waals surface area contributed by atoms with E-state index in [4.69, 9.17) is 0 Å². The highest BCUT2D eigenvalue weighted by Gasteiger charge is 2.29. The zero-order chi connectivity index (χ0) is 15.0. The number of carboxylic acids is 1. The van der Waals surface area contributed by atoms with Gasteiger partial charge in [-0.25, -0.2) is 4.79 Å². The predicted octanol–water partition coefficient (Wildman–Crippen LogP) is 1.46. The number of amides is 1. The Labute approximate surface area is 120 Å². The van der Waals surface area contributed by atoms with E-state index >= 15 is 0 Å². The molecule has 1 aromatic heterocycles. The molecule has 1 aliphatic heterocycles. The van der Waals surface area contributed by atoms with Crippen molar-refractivity contribution in [1.82, 2.24) is 15.1 Å². The lowest BCUT2D eigenvalue weighted by molar-refractivity contribution is 0.0693. The fourth-order valence-corrected chi connectivity index (χ4v) is 2.35. The van der Waals surface area contributed by atoms with Gasteiger partial charge >= 0.3 is 5.97 Å². The minimum atomic E-state index is -1.03. The van der Waals surface area contributed by atoms with Crippen LogP contribution in [-0.2, 0) is 6.54 Å². The van der Waals surface area contributed by atoms with Crippen LogP contribution in [-0.4, -0.2) is 26.8 Å². The summed E-state index contributed by atoms with van der Waals surface area (Å²) < 4.78 is 1.66. The lowest BCUT2D eigenvalue weighted by Gasteiger charge is -2.26. The van der Waals surface area contributed by atoms with Crippen LogP contribution in [0.3, 0.4) is 0 Å². The number of hydrogen-bond donors (Lipinski definition) is 3. The van der Waals surface area contributed by atoms with Gasteiger partial charge in [0.1, 0.15) is 6.17 Å². The van der Waals surface area contributed by atoms with Gasteiger partial charge in [0.05, 0.1) is 11.3 Å². The van der Waals surface area contributed by atoms with Crippen LogP contribution < -0.4 is 10.6 Å². The molecule has 1 aromatic carbocycles. The summed E-state index contributed by atoms with van der Waals surface area (Å²) in [5, 5.41) is 19.3. The van der Waals surface area contributed by atoms with E-state index in [9.17, 15) is 14.7 Å². The van der Waals surface area contributed by atoms with E-state index in [-0.39, 0.29) is 11.5 Å². The van der Waals surface area contributed by atoms with Crippen LogP contribution in [0.15, 0.2) is 30.5 Å². The molecule has 0 saturated carbocycles. The van der Waals surface area contributed by atoms with Crippen LogP contribution in [0.4, 0.5) is 5.69 Å². The molecule has 0 aliphatic carbocycles. The molecule has 0 bridgehead atoms. The van der Waals surface area contributed by atoms with Crippen molar-refractivity contribution in [3.8, 4) is 0 Å². The number of aromatic nitrogens is 2. The van der Waals surface area contributed by atoms with E-state index in [1.54, 1.807) is 29.1 Å². The number of aromatic carboxylic acids is 1. The number of carbonyl (C=O) groups is 2. The summed E-state index contributed by atoms with van der Waals surface area (Å²) in [5.74, 6) is -1.35. The third kappa shape index (κ3) is 2.22. The van der Waals surface area contributed by atoms with Gasteiger partial charge in [-0.15, -0.1) is 0 Å². The second-order valence-corrected chi connectivity index (χ2v) is 4.69. The molecule has 0 fully saturated rings. The molecule has 7 nitrogen and oxygen atoms in total. The Balaban J connectivity index is 1.99. The monoisotopic (exact) mass is 286 g/mol. The summed E-state index contributed by atoms with van der Waals surface area (Å²) in [7, 11) is 0. The van der Waals surface area contributed by atoms with Crippen molar-refractivity contribution in [2.75, 3.05) is 5.32 Å². The quantitative estimate of drug-likeness (QED) is 0.793. The van der Waals surface area contributed by atoms with Crippen LogP contribution in [0.5, 0.6) is 0 Å². The normalized spacial score (nSPS) is 16.8. The number of nitrogens with zero attached hydrogens (tertiary/aromatic N) is 2. The van der Waals surface area contributed by atoms with Crippen LogP contribution in [0, 0.1) is 0 Å². The third-order valence-electron chi connectivity index (χ3n) is 3.38. The summed E-state index contributed by atoms with van der Waals surface area (Å²) >= 11 is 0. The van der Waals surface area contributed by atoms with E-state index in [1.165, 1.54) is 6.07 Å². The van der Waals surface area contributed by atoms with Crippen molar-refractivity contribution in [3.63, 3.8) is 0 Å². The van der Waals surface area contributed by atoms with E-state index in [0.717, 1.165) is 0 Å². The Hall–Kier alpha value is -2.83. The summed E-state index contributed by atoms with van der Waals surface area (Å²) in [6.07, 6.45) is 1.15. The van der Waals surface area contributed by atoms with Crippen LogP contribution in [0.1, 0.15) is 39.5 Å². The van der Waals surface area contributed by atoms with Crippen molar-refractivity contribution < 1.29 is 14.7 Å². The Kier molecular flexibility index (Phi) is 3.09. The maximum absolute atomic E-state index is 12.1. The predicted molar refractivity (Wildman–Crippen MR) is 75.1 cm³/mol. The van der Waals surface area contributed by atoms with Gasteiger partial charge in [0, 0.05) is 18.3 Å². The molecule has 3 N–H and O–H groups in total. The summed E-state index contributed by atoms with van der Waals surface area (Å²) in [4.78, 5) is 23.4. The van der Waals surface area contributed by atoms with Gasteiger partial charge in [-0.1, -0.05) is 18.2 Å². The average molecular weight is 286 g/mol. The van der Waals surface area contributed by atoms with E-state index in [2.05, 4.69) is 15.7 Å². The molecule has 108 valence electrons. The minimum absolute atomic E-state index is 0.154. The maximum Gasteiger partial charge on any atom is 0.336 e. The first-order chi connectivity index (χ1) is 10.1. The van der Waals surface area contributed by atoms with Gasteiger partial charge in [-0.05, 0) is 13.0 Å². The molecule has 1 atom stereocenters. The first-order valence-electron chi connectivity index (χ1n) is 6.57. The summed E-state index contributed by atoms with van der Waals surface area (Å²) in [5.41, 5.74) is 1.58. The maximum atomic E-state index is 12.1. The van der Waals surface area contributed by atoms with Crippen molar-refractivity contribution >= 4 is 17.6 Å². The molecule has 0 radical (unpaired) electrons. The third-order valence-corrected chi connectivity index (χ3v) is 3.38. The van der Waals surface area contributed by atoms with Crippen molar-refractivity contribution in [2.45, 2.75) is 19.6 Å². The summed E-state index contributed by atoms with van der Waals surface area (Å²) in [6.45, 7) is 2.58. The number of hydrogen-bond acceptors (Lipinski definition) is 4. The smallest absolute Gasteiger partial charge is 0.336 e. The largest absolute Gasteiger partial charge is 0.478 e. The van der Waals surface area contributed by atoms with Gasteiger partial charge in [-0.2, -0.15) is 5.10 Å². The molecule has 3 rings (SSSR count). The number of fused-ring (bicyclic) bond motifs is 1. The zero-order valence-corrected chi connectivity index (χ0v) is 11.3. The van der Waals surface area contributed by atoms with Crippen molar-refractivity contribution in [1.29, 1.82) is 0 Å². The number of rotatable bonds is 3. The van der Waals surface area contributed by atoms with Crippen LogP contribution >= 0.6 is 0 Å². The summed E-state index contributed by atoms with van der Waals surface area (Å²) in [6, 6.07) is 6.58. The number of carbonyl (C=O) groups excluding carboxylic acids is 1. The highest BCUT2D eigenvalue weighted by atomic mass is 16.4. The molecule has 1 amide bonds. The second-order valence-electron chi connectivity index (χ2n) is 4.69. The molecule has 1 aliphatic rings. The lowest BCUT2D eigenvalue weighted by atomic mass is 10.0. The average Bonchev–Trinajstić information content (AvgIpc) is 2.91. The first kappa shape index (κ1) is 13.2. The Morgan fingerprint density at radius 1 is 1.38 bits per heavy atom. The lowest BCUT2D eigenvalue weighted by Crippen LogP contribution is -2.39. The molecule has 2 heterocycles. The molecule has 7 heteroatoms. The Morgan fingerprint density at radius 2 is 2.14 bits per heavy atom. The molecule has 1 unspecified atom stereocenters. The number of carboxylic acid groups (broad SMARTS) is 1. The SMILES string of the molecule is CCn1cc2c(n1)C(=O)NC(c1ccccc1C(=O)O)N2. The molecule has 21 heavy (non-hydrogen) atoms. The number of benzene rings is 1. The Bertz CT molecular complexity index is 723. The molecule has 2 aromatic rings. The fraction of sp³-hybridized carbons (Fsp3) is 0.214. The number of aryl methyl sites for hydroxylation is 1. The van der Waals surface area contributed by atoms with E-state index < -0.39 is 12.1 Å². The standard InChI is InChI=1S/C14H14N4O3/c1-2-18-7-10-11(17-18)13(19)16-12(15-10)8-5-3-4-6-9(8)14(20)21/h3-7,12,15H,2H2,1H3,(H,16,19)(H,20,21). The first-order valence-corrected chi connectivity index (χ1v) is 6.57. The zero-order valence-electron chi connectivity index (χ0n) is 11.3. The number of nitrogens with one attached hydrogen (secondary N) is 2. The fourth-order valence-electron chi connectivity index (χ4n) is 2.35. The van der Waals surface area contributed by atoms with Gasteiger partial charge in [0.2, 0.25) is 0 Å². The molecular formula is C14H14N4O3. The molecule has 0 saturated heterocycles. The van der Waals surface area contributed by atoms with Gasteiger partial charge < -0.3 is 15.7 Å². The number of anilines is 1. The van der Waals surface area contributed by atoms with Gasteiger partial charge in [0.25, 0.3) is 5.91 Å². The molecular weight excluding hydrogens is 272 g/mol. The van der Waals surface area contributed by atoms with E-state index in [1.807, 2.05) is 6.92 Å². The second kappa shape index (κ2) is 4.93. The minimum Gasteiger partial charge on any atom is -0.478 e. The van der Waals surface area contributed by atoms with Crippen LogP contribution in [0.25, 0.3) is 0 Å². The van der Waals surface area contributed by atoms with Gasteiger partial charge in [-0.3, -0.25) is 9.48 Å². The van der Waals surface area contributed by atoms with Crippen molar-refractivity contribution in [2.24, 2.45) is 0 Å². The van der Waals surface area contributed by atoms with Crippen molar-refractivity contribution in [3.05, 3.63) is 47.3 Å². The Morgan fingerprint density at radius 3 is 2.86 bits per heavy atom. The van der Waals surface area contributed by atoms with Gasteiger partial charge in [0.15, 0.2) is 5.69 Å².